The normalized spacial score (nSPS) is 12.6. The Morgan fingerprint density at radius 3 is 2.67 bits per heavy atom. The van der Waals surface area contributed by atoms with E-state index >= 15 is 0 Å². The highest BCUT2D eigenvalue weighted by molar-refractivity contribution is 7.98. The van der Waals surface area contributed by atoms with Crippen LogP contribution < -0.4 is 11.1 Å². The maximum atomic E-state index is 11.3. The number of hydrogen-bond donors (Lipinski definition) is 3. The van der Waals surface area contributed by atoms with Gasteiger partial charge >= 0.3 is 0 Å². The van der Waals surface area contributed by atoms with Crippen molar-refractivity contribution in [2.24, 2.45) is 16.3 Å². The van der Waals surface area contributed by atoms with E-state index in [1.54, 1.807) is 25.6 Å². The van der Waals surface area contributed by atoms with Crippen LogP contribution in [0.15, 0.2) is 5.16 Å². The van der Waals surface area contributed by atoms with Crippen molar-refractivity contribution in [3.8, 4) is 0 Å². The number of amidine groups is 1. The van der Waals surface area contributed by atoms with Crippen molar-refractivity contribution >= 4 is 23.5 Å². The van der Waals surface area contributed by atoms with Crippen molar-refractivity contribution in [3.05, 3.63) is 0 Å². The summed E-state index contributed by atoms with van der Waals surface area (Å²) in [7, 11) is 0. The molecule has 0 fully saturated rings. The number of carbonyl (C=O) groups is 1. The van der Waals surface area contributed by atoms with Crippen molar-refractivity contribution in [3.63, 3.8) is 0 Å². The second-order valence-electron chi connectivity index (χ2n) is 3.89. The summed E-state index contributed by atoms with van der Waals surface area (Å²) in [5.41, 5.74) is 4.96. The molecular weight excluding hydrogens is 214 g/mol. The molecule has 0 aliphatic carbocycles. The van der Waals surface area contributed by atoms with Gasteiger partial charge in [-0.05, 0) is 6.26 Å². The van der Waals surface area contributed by atoms with Gasteiger partial charge in [0.1, 0.15) is 5.84 Å². The molecule has 6 heteroatoms. The van der Waals surface area contributed by atoms with Gasteiger partial charge in [0.05, 0.1) is 0 Å². The molecule has 0 aromatic heterocycles. The fourth-order valence-corrected chi connectivity index (χ4v) is 1.22. The lowest BCUT2D eigenvalue weighted by atomic mass is 9.92. The SMILES string of the molecule is CSCCC(=O)NCC(C)(C)C(N)=NO. The largest absolute Gasteiger partial charge is 0.409 e. The first-order valence-corrected chi connectivity index (χ1v) is 6.07. The summed E-state index contributed by atoms with van der Waals surface area (Å²) in [6.07, 6.45) is 2.45. The predicted molar refractivity (Wildman–Crippen MR) is 63.2 cm³/mol. The Bertz CT molecular complexity index is 242. The summed E-state index contributed by atoms with van der Waals surface area (Å²) in [6.45, 7) is 3.98. The van der Waals surface area contributed by atoms with E-state index in [9.17, 15) is 4.79 Å². The maximum Gasteiger partial charge on any atom is 0.220 e. The van der Waals surface area contributed by atoms with E-state index in [1.807, 2.05) is 6.26 Å². The Balaban J connectivity index is 3.98. The quantitative estimate of drug-likeness (QED) is 0.272. The molecule has 0 saturated heterocycles. The van der Waals surface area contributed by atoms with Crippen LogP contribution in [0.25, 0.3) is 0 Å². The molecule has 0 bridgehead atoms. The Kier molecular flexibility index (Phi) is 6.15. The molecule has 4 N–H and O–H groups in total. The van der Waals surface area contributed by atoms with Crippen molar-refractivity contribution in [1.82, 2.24) is 5.32 Å². The van der Waals surface area contributed by atoms with Crippen molar-refractivity contribution in [1.29, 1.82) is 0 Å². The van der Waals surface area contributed by atoms with Crippen LogP contribution in [0.2, 0.25) is 0 Å². The van der Waals surface area contributed by atoms with Crippen LogP contribution >= 0.6 is 11.8 Å². The highest BCUT2D eigenvalue weighted by Gasteiger charge is 2.24. The smallest absolute Gasteiger partial charge is 0.220 e. The fraction of sp³-hybridized carbons (Fsp3) is 0.778. The van der Waals surface area contributed by atoms with Crippen LogP contribution in [-0.4, -0.2) is 35.5 Å². The van der Waals surface area contributed by atoms with Gasteiger partial charge in [-0.25, -0.2) is 0 Å². The lowest BCUT2D eigenvalue weighted by Crippen LogP contribution is -2.42. The van der Waals surface area contributed by atoms with Gasteiger partial charge in [-0.1, -0.05) is 19.0 Å². The molecule has 0 atom stereocenters. The molecule has 0 aromatic rings. The maximum absolute atomic E-state index is 11.3. The van der Waals surface area contributed by atoms with E-state index in [1.165, 1.54) is 0 Å². The van der Waals surface area contributed by atoms with Gasteiger partial charge in [0.15, 0.2) is 0 Å². The Hall–Kier alpha value is -0.910. The molecule has 0 saturated carbocycles. The Morgan fingerprint density at radius 2 is 2.20 bits per heavy atom. The topological polar surface area (TPSA) is 87.7 Å². The predicted octanol–water partition coefficient (Wildman–Crippen LogP) is 0.628. The van der Waals surface area contributed by atoms with Crippen LogP contribution in [0.3, 0.4) is 0 Å². The summed E-state index contributed by atoms with van der Waals surface area (Å²) in [5.74, 6) is 0.909. The number of amides is 1. The van der Waals surface area contributed by atoms with Crippen molar-refractivity contribution < 1.29 is 10.0 Å². The van der Waals surface area contributed by atoms with Crippen molar-refractivity contribution in [2.75, 3.05) is 18.6 Å². The number of nitrogens with zero attached hydrogens (tertiary/aromatic N) is 1. The number of carbonyl (C=O) groups excluding carboxylic acids is 1. The molecule has 0 radical (unpaired) electrons. The highest BCUT2D eigenvalue weighted by atomic mass is 32.2. The van der Waals surface area contributed by atoms with E-state index in [2.05, 4.69) is 10.5 Å². The first kappa shape index (κ1) is 14.1. The van der Waals surface area contributed by atoms with Crippen LogP contribution in [0.1, 0.15) is 20.3 Å². The van der Waals surface area contributed by atoms with E-state index in [-0.39, 0.29) is 11.7 Å². The average molecular weight is 233 g/mol. The molecule has 0 heterocycles. The minimum Gasteiger partial charge on any atom is -0.409 e. The molecule has 1 amide bonds. The molecule has 5 nitrogen and oxygen atoms in total. The zero-order chi connectivity index (χ0) is 11.9. The molecule has 88 valence electrons. The number of hydrogen-bond acceptors (Lipinski definition) is 4. The van der Waals surface area contributed by atoms with Gasteiger partial charge in [0, 0.05) is 24.1 Å². The summed E-state index contributed by atoms with van der Waals surface area (Å²) >= 11 is 1.62. The minimum atomic E-state index is -0.524. The third-order valence-corrected chi connectivity index (χ3v) is 2.67. The molecule has 15 heavy (non-hydrogen) atoms. The van der Waals surface area contributed by atoms with Gasteiger partial charge in [0.25, 0.3) is 0 Å². The lowest BCUT2D eigenvalue weighted by molar-refractivity contribution is -0.120. The summed E-state index contributed by atoms with van der Waals surface area (Å²) in [5, 5.41) is 14.2. The lowest BCUT2D eigenvalue weighted by Gasteiger charge is -2.22. The van der Waals surface area contributed by atoms with Gasteiger partial charge in [0.2, 0.25) is 5.91 Å². The zero-order valence-electron chi connectivity index (χ0n) is 9.41. The van der Waals surface area contributed by atoms with E-state index in [0.717, 1.165) is 5.75 Å². The van der Waals surface area contributed by atoms with E-state index < -0.39 is 5.41 Å². The zero-order valence-corrected chi connectivity index (χ0v) is 10.2. The van der Waals surface area contributed by atoms with E-state index in [4.69, 9.17) is 10.9 Å². The van der Waals surface area contributed by atoms with Gasteiger partial charge in [-0.2, -0.15) is 11.8 Å². The van der Waals surface area contributed by atoms with Crippen LogP contribution in [-0.2, 0) is 4.79 Å². The third-order valence-electron chi connectivity index (χ3n) is 2.06. The number of oxime groups is 1. The number of rotatable bonds is 6. The standard InChI is InChI=1S/C9H19N3O2S/c1-9(2,8(10)12-14)6-11-7(13)4-5-15-3/h14H,4-6H2,1-3H3,(H2,10,12)(H,11,13). The number of thioether (sulfide) groups is 1. The first-order valence-electron chi connectivity index (χ1n) is 4.67. The van der Waals surface area contributed by atoms with Crippen molar-refractivity contribution in [2.45, 2.75) is 20.3 Å². The van der Waals surface area contributed by atoms with Crippen LogP contribution in [0, 0.1) is 5.41 Å². The van der Waals surface area contributed by atoms with Gasteiger partial charge in [-0.15, -0.1) is 0 Å². The molecule has 0 rings (SSSR count). The fourth-order valence-electron chi connectivity index (χ4n) is 0.829. The second-order valence-corrected chi connectivity index (χ2v) is 4.87. The molecule has 0 aromatic carbocycles. The molecule has 0 aliphatic rings. The minimum absolute atomic E-state index is 0.0110. The van der Waals surface area contributed by atoms with Gasteiger partial charge in [-0.3, -0.25) is 4.79 Å². The Labute approximate surface area is 94.5 Å². The molecular formula is C9H19N3O2S. The average Bonchev–Trinajstić information content (AvgIpc) is 2.22. The first-order chi connectivity index (χ1) is 6.94. The monoisotopic (exact) mass is 233 g/mol. The number of nitrogens with two attached hydrogens (primary N) is 1. The Morgan fingerprint density at radius 1 is 1.60 bits per heavy atom. The van der Waals surface area contributed by atoms with E-state index in [0.29, 0.717) is 13.0 Å². The number of nitrogens with one attached hydrogen (secondary N) is 1. The van der Waals surface area contributed by atoms with Crippen LogP contribution in [0.5, 0.6) is 0 Å². The molecule has 0 spiro atoms. The molecule has 0 unspecified atom stereocenters. The highest BCUT2D eigenvalue weighted by Crippen LogP contribution is 2.13. The summed E-state index contributed by atoms with van der Waals surface area (Å²) < 4.78 is 0. The molecule has 0 aliphatic heterocycles. The van der Waals surface area contributed by atoms with Crippen LogP contribution in [0.4, 0.5) is 0 Å². The summed E-state index contributed by atoms with van der Waals surface area (Å²) in [4.78, 5) is 11.3. The van der Waals surface area contributed by atoms with Gasteiger partial charge < -0.3 is 16.3 Å². The third kappa shape index (κ3) is 5.51. The second kappa shape index (κ2) is 6.55. The summed E-state index contributed by atoms with van der Waals surface area (Å²) in [6, 6.07) is 0.